The van der Waals surface area contributed by atoms with E-state index in [0.29, 0.717) is 22.6 Å². The van der Waals surface area contributed by atoms with Crippen molar-refractivity contribution in [3.05, 3.63) is 52.4 Å². The second-order valence-electron chi connectivity index (χ2n) is 7.10. The van der Waals surface area contributed by atoms with Gasteiger partial charge in [0.05, 0.1) is 25.4 Å². The summed E-state index contributed by atoms with van der Waals surface area (Å²) in [6.45, 7) is 3.26. The van der Waals surface area contributed by atoms with Gasteiger partial charge in [-0.3, -0.25) is 4.79 Å². The molecule has 0 radical (unpaired) electrons. The summed E-state index contributed by atoms with van der Waals surface area (Å²) in [5, 5.41) is 29.7. The Bertz CT molecular complexity index is 1150. The molecule has 0 atom stereocenters. The number of methoxy groups -OCH3 is 2. The quantitative estimate of drug-likeness (QED) is 0.601. The summed E-state index contributed by atoms with van der Waals surface area (Å²) in [6.07, 6.45) is 4.52. The molecule has 3 N–H and O–H groups in total. The molecule has 7 nitrogen and oxygen atoms in total. The molecule has 152 valence electrons. The first-order valence-electron chi connectivity index (χ1n) is 8.80. The maximum atomic E-state index is 13.0. The summed E-state index contributed by atoms with van der Waals surface area (Å²) in [4.78, 5) is 13.0. The number of benzene rings is 2. The highest BCUT2D eigenvalue weighted by Gasteiger charge is 2.18. The summed E-state index contributed by atoms with van der Waals surface area (Å²) >= 11 is 0. The predicted molar refractivity (Wildman–Crippen MR) is 110 cm³/mol. The summed E-state index contributed by atoms with van der Waals surface area (Å²) in [5.74, 6) is 0.235. The third kappa shape index (κ3) is 4.05. The Morgan fingerprint density at radius 1 is 1.07 bits per heavy atom. The molecule has 2 aromatic carbocycles. The van der Waals surface area contributed by atoms with Crippen molar-refractivity contribution in [2.75, 3.05) is 14.2 Å². The largest absolute Gasteiger partial charge is 0.508 e. The fraction of sp³-hybridized carbons (Fsp3) is 0.227. The van der Waals surface area contributed by atoms with Gasteiger partial charge in [-0.2, -0.15) is 0 Å². The van der Waals surface area contributed by atoms with Gasteiger partial charge in [0.1, 0.15) is 28.7 Å². The molecule has 0 unspecified atom stereocenters. The van der Waals surface area contributed by atoms with Crippen LogP contribution in [0.3, 0.4) is 0 Å². The Morgan fingerprint density at radius 2 is 1.79 bits per heavy atom. The summed E-state index contributed by atoms with van der Waals surface area (Å²) in [7, 11) is 2.97. The van der Waals surface area contributed by atoms with E-state index in [1.54, 1.807) is 38.1 Å². The van der Waals surface area contributed by atoms with Crippen molar-refractivity contribution >= 4 is 17.0 Å². The third-order valence-corrected chi connectivity index (χ3v) is 4.33. The average Bonchev–Trinajstić information content (AvgIpc) is 2.64. The number of hydrogen-bond acceptors (Lipinski definition) is 7. The van der Waals surface area contributed by atoms with Crippen molar-refractivity contribution in [3.8, 4) is 34.1 Å². The van der Waals surface area contributed by atoms with Crippen molar-refractivity contribution in [1.82, 2.24) is 0 Å². The lowest BCUT2D eigenvalue weighted by Gasteiger charge is -2.15. The predicted octanol–water partition coefficient (Wildman–Crippen LogP) is 3.67. The van der Waals surface area contributed by atoms with Gasteiger partial charge in [0.15, 0.2) is 11.5 Å². The zero-order valence-electron chi connectivity index (χ0n) is 16.5. The van der Waals surface area contributed by atoms with Crippen molar-refractivity contribution < 1.29 is 29.2 Å². The van der Waals surface area contributed by atoms with Gasteiger partial charge in [0.25, 0.3) is 0 Å². The molecule has 0 amide bonds. The van der Waals surface area contributed by atoms with Gasteiger partial charge < -0.3 is 29.2 Å². The van der Waals surface area contributed by atoms with E-state index in [1.807, 2.05) is 0 Å². The number of phenolic OH excluding ortho intramolecular Hbond substituents is 2. The molecule has 1 heterocycles. The second kappa shape index (κ2) is 7.52. The van der Waals surface area contributed by atoms with Crippen LogP contribution in [-0.4, -0.2) is 35.1 Å². The Labute approximate surface area is 167 Å². The number of hydrogen-bond donors (Lipinski definition) is 3. The number of ether oxygens (including phenoxy) is 2. The Hall–Kier alpha value is -3.45. The van der Waals surface area contributed by atoms with Gasteiger partial charge >= 0.3 is 0 Å². The van der Waals surface area contributed by atoms with E-state index in [-0.39, 0.29) is 28.0 Å². The van der Waals surface area contributed by atoms with Gasteiger partial charge in [0.2, 0.25) is 5.43 Å². The fourth-order valence-corrected chi connectivity index (χ4v) is 2.98. The summed E-state index contributed by atoms with van der Waals surface area (Å²) in [6, 6.07) is 5.65. The van der Waals surface area contributed by atoms with E-state index in [0.717, 1.165) is 6.07 Å². The molecule has 0 spiro atoms. The molecule has 0 aliphatic rings. The minimum atomic E-state index is -1.05. The Balaban J connectivity index is 2.27. The number of phenols is 2. The standard InChI is InChI=1S/C22H22O7/c1-22(2,26)6-5-12-7-13(8-18(27-3)21(12)28-4)15-11-29-17-10-14(23)9-16(24)19(17)20(15)25/h5-11,23-24,26H,1-4H3. The SMILES string of the molecule is COc1cc(-c2coc3cc(O)cc(O)c3c2=O)cc(C=CC(C)(C)O)c1OC. The number of fused-ring (bicyclic) bond motifs is 1. The van der Waals surface area contributed by atoms with Crippen LogP contribution < -0.4 is 14.9 Å². The van der Waals surface area contributed by atoms with Gasteiger partial charge in [-0.1, -0.05) is 12.2 Å². The minimum Gasteiger partial charge on any atom is -0.508 e. The molecule has 0 saturated carbocycles. The molecule has 7 heteroatoms. The molecule has 0 fully saturated rings. The van der Waals surface area contributed by atoms with E-state index < -0.39 is 11.0 Å². The highest BCUT2D eigenvalue weighted by atomic mass is 16.5. The van der Waals surface area contributed by atoms with Crippen LogP contribution in [0.4, 0.5) is 0 Å². The van der Waals surface area contributed by atoms with Crippen molar-refractivity contribution in [1.29, 1.82) is 0 Å². The topological polar surface area (TPSA) is 109 Å². The normalized spacial score (nSPS) is 11.9. The molecule has 1 aromatic heterocycles. The molecule has 3 aromatic rings. The molecular formula is C22H22O7. The lowest BCUT2D eigenvalue weighted by atomic mass is 9.99. The van der Waals surface area contributed by atoms with Crippen LogP contribution in [0.25, 0.3) is 28.2 Å². The zero-order chi connectivity index (χ0) is 21.3. The van der Waals surface area contributed by atoms with Crippen LogP contribution in [0.5, 0.6) is 23.0 Å². The highest BCUT2D eigenvalue weighted by Crippen LogP contribution is 2.38. The van der Waals surface area contributed by atoms with Crippen LogP contribution in [0.15, 0.2) is 45.8 Å². The lowest BCUT2D eigenvalue weighted by Crippen LogP contribution is -2.13. The molecule has 0 bridgehead atoms. The monoisotopic (exact) mass is 398 g/mol. The third-order valence-electron chi connectivity index (χ3n) is 4.33. The van der Waals surface area contributed by atoms with Crippen LogP contribution in [0.1, 0.15) is 19.4 Å². The molecule has 0 saturated heterocycles. The Morgan fingerprint density at radius 3 is 2.41 bits per heavy atom. The van der Waals surface area contributed by atoms with Crippen molar-refractivity contribution in [3.63, 3.8) is 0 Å². The van der Waals surface area contributed by atoms with Crippen LogP contribution in [0.2, 0.25) is 0 Å². The lowest BCUT2D eigenvalue weighted by molar-refractivity contribution is 0.134. The van der Waals surface area contributed by atoms with E-state index in [2.05, 4.69) is 0 Å². The van der Waals surface area contributed by atoms with Crippen LogP contribution in [0, 0.1) is 0 Å². The zero-order valence-corrected chi connectivity index (χ0v) is 16.5. The van der Waals surface area contributed by atoms with E-state index in [4.69, 9.17) is 13.9 Å². The average molecular weight is 398 g/mol. The maximum Gasteiger partial charge on any atom is 0.204 e. The number of rotatable bonds is 5. The maximum absolute atomic E-state index is 13.0. The van der Waals surface area contributed by atoms with Gasteiger partial charge in [-0.25, -0.2) is 0 Å². The van der Waals surface area contributed by atoms with Gasteiger partial charge in [-0.05, 0) is 31.5 Å². The van der Waals surface area contributed by atoms with Crippen LogP contribution in [-0.2, 0) is 0 Å². The van der Waals surface area contributed by atoms with E-state index in [9.17, 15) is 20.1 Å². The Kier molecular flexibility index (Phi) is 5.26. The van der Waals surface area contributed by atoms with E-state index in [1.165, 1.54) is 26.5 Å². The van der Waals surface area contributed by atoms with Crippen LogP contribution >= 0.6 is 0 Å². The highest BCUT2D eigenvalue weighted by molar-refractivity contribution is 5.88. The van der Waals surface area contributed by atoms with Crippen molar-refractivity contribution in [2.24, 2.45) is 0 Å². The van der Waals surface area contributed by atoms with E-state index >= 15 is 0 Å². The summed E-state index contributed by atoms with van der Waals surface area (Å²) in [5.41, 5.74) is -0.200. The molecule has 3 rings (SSSR count). The number of aromatic hydroxyl groups is 2. The van der Waals surface area contributed by atoms with Gasteiger partial charge in [0, 0.05) is 17.7 Å². The summed E-state index contributed by atoms with van der Waals surface area (Å²) < 4.78 is 16.3. The fourth-order valence-electron chi connectivity index (χ4n) is 2.98. The van der Waals surface area contributed by atoms with Crippen molar-refractivity contribution in [2.45, 2.75) is 19.4 Å². The first-order valence-corrected chi connectivity index (χ1v) is 8.80. The molecule has 0 aliphatic carbocycles. The first kappa shape index (κ1) is 20.3. The minimum absolute atomic E-state index is 0.0383. The first-order chi connectivity index (χ1) is 13.6. The molecule has 0 aliphatic heterocycles. The van der Waals surface area contributed by atoms with Gasteiger partial charge in [-0.15, -0.1) is 0 Å². The molecular weight excluding hydrogens is 376 g/mol. The second-order valence-corrected chi connectivity index (χ2v) is 7.10. The number of aliphatic hydroxyl groups is 1. The smallest absolute Gasteiger partial charge is 0.204 e. The molecule has 29 heavy (non-hydrogen) atoms.